The number of aryl methyl sites for hydroxylation is 1. The summed E-state index contributed by atoms with van der Waals surface area (Å²) in [5.74, 6) is 0.939. The number of fused-ring (bicyclic) bond motifs is 3. The van der Waals surface area contributed by atoms with Crippen LogP contribution >= 0.6 is 11.8 Å². The Labute approximate surface area is 186 Å². The highest BCUT2D eigenvalue weighted by Gasteiger charge is 2.41. The highest BCUT2D eigenvalue weighted by Crippen LogP contribution is 2.34. The van der Waals surface area contributed by atoms with Crippen LogP contribution < -0.4 is 5.32 Å². The molecule has 31 heavy (non-hydrogen) atoms. The van der Waals surface area contributed by atoms with E-state index >= 15 is 0 Å². The van der Waals surface area contributed by atoms with Crippen molar-refractivity contribution < 1.29 is 9.59 Å². The number of aliphatic imine (C=N–C) groups is 2. The first-order valence-electron chi connectivity index (χ1n) is 10.6. The number of rotatable bonds is 6. The minimum atomic E-state index is -0.405. The lowest BCUT2D eigenvalue weighted by molar-refractivity contribution is -0.125. The number of nitrogens with zero attached hydrogens (tertiary/aromatic N) is 3. The van der Waals surface area contributed by atoms with Crippen LogP contribution in [0, 0.1) is 5.92 Å². The number of hydrogen-bond donors (Lipinski definition) is 1. The van der Waals surface area contributed by atoms with Crippen LogP contribution in [0.4, 0.5) is 11.4 Å². The van der Waals surface area contributed by atoms with Gasteiger partial charge in [0.2, 0.25) is 5.91 Å². The van der Waals surface area contributed by atoms with Crippen LogP contribution in [-0.4, -0.2) is 39.5 Å². The maximum Gasteiger partial charge on any atom is 0.259 e. The molecule has 0 aliphatic carbocycles. The molecule has 6 nitrogen and oxygen atoms in total. The molecule has 0 saturated carbocycles. The van der Waals surface area contributed by atoms with E-state index in [1.807, 2.05) is 48.5 Å². The van der Waals surface area contributed by atoms with Gasteiger partial charge in [0.15, 0.2) is 5.17 Å². The predicted octanol–water partition coefficient (Wildman–Crippen LogP) is 4.63. The average Bonchev–Trinajstić information content (AvgIpc) is 3.08. The maximum atomic E-state index is 13.1. The van der Waals surface area contributed by atoms with Crippen LogP contribution in [0.3, 0.4) is 0 Å². The molecule has 1 N–H and O–H groups in total. The Hall–Kier alpha value is -2.93. The van der Waals surface area contributed by atoms with E-state index in [9.17, 15) is 9.59 Å². The van der Waals surface area contributed by atoms with E-state index in [0.29, 0.717) is 23.3 Å². The fourth-order valence-corrected chi connectivity index (χ4v) is 4.45. The molecule has 2 amide bonds. The second-order valence-corrected chi connectivity index (χ2v) is 9.01. The van der Waals surface area contributed by atoms with E-state index in [1.165, 1.54) is 17.3 Å². The Morgan fingerprint density at radius 2 is 1.90 bits per heavy atom. The molecule has 0 unspecified atom stereocenters. The zero-order valence-corrected chi connectivity index (χ0v) is 18.8. The van der Waals surface area contributed by atoms with Gasteiger partial charge in [0, 0.05) is 11.3 Å². The van der Waals surface area contributed by atoms with E-state index in [4.69, 9.17) is 4.99 Å². The number of amides is 2. The normalized spacial score (nSPS) is 17.2. The molecule has 2 aromatic carbocycles. The second kappa shape index (κ2) is 9.06. The lowest BCUT2D eigenvalue weighted by atomic mass is 10.0. The van der Waals surface area contributed by atoms with Crippen molar-refractivity contribution in [3.05, 3.63) is 59.7 Å². The van der Waals surface area contributed by atoms with E-state index in [2.05, 4.69) is 31.1 Å². The highest BCUT2D eigenvalue weighted by molar-refractivity contribution is 8.14. The van der Waals surface area contributed by atoms with Crippen LogP contribution in [0.25, 0.3) is 0 Å². The van der Waals surface area contributed by atoms with Gasteiger partial charge in [-0.2, -0.15) is 0 Å². The van der Waals surface area contributed by atoms with Gasteiger partial charge in [-0.05, 0) is 48.6 Å². The standard InChI is InChI=1S/C24H26N4O2S/c1-4-16-9-11-17(12-10-16)25-21(29)14-31-24-27-19-8-6-5-7-18(19)22-26-20(13-15(2)3)23(30)28(22)24/h5-12,15,20H,4,13-14H2,1-3H3,(H,25,29)/t20-/m0/s1. The quantitative estimate of drug-likeness (QED) is 0.721. The molecule has 4 rings (SSSR count). The molecule has 0 radical (unpaired) electrons. The van der Waals surface area contributed by atoms with E-state index in [1.54, 1.807) is 4.90 Å². The summed E-state index contributed by atoms with van der Waals surface area (Å²) in [5, 5.41) is 3.41. The summed E-state index contributed by atoms with van der Waals surface area (Å²) in [5.41, 5.74) is 3.61. The molecule has 160 valence electrons. The Kier molecular flexibility index (Phi) is 6.23. The van der Waals surface area contributed by atoms with Crippen molar-refractivity contribution in [1.82, 2.24) is 4.90 Å². The van der Waals surface area contributed by atoms with Gasteiger partial charge >= 0.3 is 0 Å². The smallest absolute Gasteiger partial charge is 0.259 e. The highest BCUT2D eigenvalue weighted by atomic mass is 32.2. The molecule has 2 aliphatic heterocycles. The minimum absolute atomic E-state index is 0.0694. The number of carbonyl (C=O) groups excluding carboxylic acids is 2. The first-order valence-corrected chi connectivity index (χ1v) is 11.6. The molecule has 0 spiro atoms. The molecule has 0 aromatic heterocycles. The predicted molar refractivity (Wildman–Crippen MR) is 127 cm³/mol. The Balaban J connectivity index is 1.51. The summed E-state index contributed by atoms with van der Waals surface area (Å²) in [6.07, 6.45) is 1.64. The van der Waals surface area contributed by atoms with Gasteiger partial charge in [0.05, 0.1) is 11.4 Å². The lowest BCUT2D eigenvalue weighted by Gasteiger charge is -2.25. The summed E-state index contributed by atoms with van der Waals surface area (Å²) in [4.78, 5) is 36.6. The van der Waals surface area contributed by atoms with E-state index in [-0.39, 0.29) is 17.6 Å². The first-order chi connectivity index (χ1) is 15.0. The minimum Gasteiger partial charge on any atom is -0.325 e. The molecule has 0 saturated heterocycles. The maximum absolute atomic E-state index is 13.1. The van der Waals surface area contributed by atoms with Gasteiger partial charge in [0.1, 0.15) is 11.9 Å². The topological polar surface area (TPSA) is 74.1 Å². The third-order valence-electron chi connectivity index (χ3n) is 5.22. The second-order valence-electron chi connectivity index (χ2n) is 8.07. The van der Waals surface area contributed by atoms with Crippen molar-refractivity contribution in [3.63, 3.8) is 0 Å². The number of amidine groups is 2. The Bertz CT molecular complexity index is 1060. The molecule has 1 atom stereocenters. The fourth-order valence-electron chi connectivity index (χ4n) is 3.65. The van der Waals surface area contributed by atoms with Crippen molar-refractivity contribution in [2.24, 2.45) is 15.9 Å². The number of hydrogen-bond acceptors (Lipinski definition) is 5. The SMILES string of the molecule is CCc1ccc(NC(=O)CSC2=Nc3ccccc3C3=N[C@@H](CC(C)C)C(=O)N23)cc1. The Morgan fingerprint density at radius 1 is 1.16 bits per heavy atom. The summed E-state index contributed by atoms with van der Waals surface area (Å²) in [7, 11) is 0. The zero-order valence-electron chi connectivity index (χ0n) is 18.0. The van der Waals surface area contributed by atoms with Crippen LogP contribution in [0.15, 0.2) is 58.5 Å². The first kappa shape index (κ1) is 21.3. The van der Waals surface area contributed by atoms with E-state index < -0.39 is 6.04 Å². The molecular formula is C24H26N4O2S. The van der Waals surface area contributed by atoms with Crippen molar-refractivity contribution >= 4 is 46.0 Å². The monoisotopic (exact) mass is 434 g/mol. The van der Waals surface area contributed by atoms with Crippen molar-refractivity contribution in [3.8, 4) is 0 Å². The summed E-state index contributed by atoms with van der Waals surface area (Å²) in [6, 6.07) is 15.1. The summed E-state index contributed by atoms with van der Waals surface area (Å²) < 4.78 is 0. The van der Waals surface area contributed by atoms with Crippen LogP contribution in [-0.2, 0) is 16.0 Å². The van der Waals surface area contributed by atoms with Crippen LogP contribution in [0.5, 0.6) is 0 Å². The molecule has 2 aromatic rings. The van der Waals surface area contributed by atoms with Crippen molar-refractivity contribution in [2.45, 2.75) is 39.7 Å². The van der Waals surface area contributed by atoms with Crippen LogP contribution in [0.2, 0.25) is 0 Å². The molecule has 0 fully saturated rings. The molecule has 2 aliphatic rings. The van der Waals surface area contributed by atoms with Gasteiger partial charge in [-0.3, -0.25) is 14.6 Å². The summed E-state index contributed by atoms with van der Waals surface area (Å²) in [6.45, 7) is 6.26. The van der Waals surface area contributed by atoms with E-state index in [0.717, 1.165) is 23.4 Å². The summed E-state index contributed by atoms with van der Waals surface area (Å²) >= 11 is 1.26. The number of nitrogens with one attached hydrogen (secondary N) is 1. The Morgan fingerprint density at radius 3 is 2.61 bits per heavy atom. The largest absolute Gasteiger partial charge is 0.325 e. The fraction of sp³-hybridized carbons (Fsp3) is 0.333. The van der Waals surface area contributed by atoms with Gasteiger partial charge in [-0.1, -0.05) is 56.8 Å². The van der Waals surface area contributed by atoms with Gasteiger partial charge in [0.25, 0.3) is 5.91 Å². The number of thioether (sulfide) groups is 1. The zero-order chi connectivity index (χ0) is 22.0. The molecule has 2 heterocycles. The molecule has 0 bridgehead atoms. The third kappa shape index (κ3) is 4.56. The van der Waals surface area contributed by atoms with Gasteiger partial charge in [-0.25, -0.2) is 9.89 Å². The number of para-hydroxylation sites is 1. The average molecular weight is 435 g/mol. The van der Waals surface area contributed by atoms with Crippen molar-refractivity contribution in [1.29, 1.82) is 0 Å². The lowest BCUT2D eigenvalue weighted by Crippen LogP contribution is -2.41. The number of anilines is 1. The number of carbonyl (C=O) groups is 2. The van der Waals surface area contributed by atoms with Crippen molar-refractivity contribution in [2.75, 3.05) is 11.1 Å². The third-order valence-corrected chi connectivity index (χ3v) is 6.16. The molecule has 7 heteroatoms. The molecular weight excluding hydrogens is 408 g/mol. The van der Waals surface area contributed by atoms with Gasteiger partial charge in [-0.15, -0.1) is 0 Å². The van der Waals surface area contributed by atoms with Gasteiger partial charge < -0.3 is 5.32 Å². The number of benzene rings is 2. The van der Waals surface area contributed by atoms with Crippen LogP contribution in [0.1, 0.15) is 38.3 Å².